The quantitative estimate of drug-likeness (QED) is 0.843. The molecule has 1 aromatic heterocycles. The van der Waals surface area contributed by atoms with Gasteiger partial charge in [-0.3, -0.25) is 4.68 Å². The Morgan fingerprint density at radius 1 is 1.44 bits per heavy atom. The molecule has 0 bridgehead atoms. The average Bonchev–Trinajstić information content (AvgIpc) is 2.56. The largest absolute Gasteiger partial charge is 0.476 e. The summed E-state index contributed by atoms with van der Waals surface area (Å²) in [6.07, 6.45) is 0. The highest BCUT2D eigenvalue weighted by molar-refractivity contribution is 6.01. The minimum Gasteiger partial charge on any atom is -0.476 e. The topological polar surface area (TPSA) is 55.1 Å². The minimum absolute atomic E-state index is 0.128. The van der Waals surface area contributed by atoms with E-state index in [0.29, 0.717) is 5.39 Å². The maximum absolute atomic E-state index is 11.1. The Hall–Kier alpha value is -1.84. The Kier molecular flexibility index (Phi) is 2.42. The van der Waals surface area contributed by atoms with E-state index in [-0.39, 0.29) is 11.7 Å². The van der Waals surface area contributed by atoms with Gasteiger partial charge in [0.05, 0.1) is 5.52 Å². The summed E-state index contributed by atoms with van der Waals surface area (Å²) in [7, 11) is 0. The van der Waals surface area contributed by atoms with Crippen LogP contribution in [0.3, 0.4) is 0 Å². The number of carboxylic acids is 1. The van der Waals surface area contributed by atoms with E-state index in [2.05, 4.69) is 5.10 Å². The number of carbonyl (C=O) groups is 1. The van der Waals surface area contributed by atoms with Crippen molar-refractivity contribution in [2.24, 2.45) is 0 Å². The molecule has 0 unspecified atom stereocenters. The molecule has 1 N–H and O–H groups in total. The summed E-state index contributed by atoms with van der Waals surface area (Å²) in [6, 6.07) is 5.84. The van der Waals surface area contributed by atoms with Gasteiger partial charge in [0.1, 0.15) is 0 Å². The summed E-state index contributed by atoms with van der Waals surface area (Å²) in [5.74, 6) is -0.978. The van der Waals surface area contributed by atoms with E-state index in [1.807, 2.05) is 39.0 Å². The van der Waals surface area contributed by atoms with Crippen molar-refractivity contribution in [3.05, 3.63) is 29.5 Å². The van der Waals surface area contributed by atoms with Gasteiger partial charge in [-0.1, -0.05) is 12.1 Å². The van der Waals surface area contributed by atoms with Crippen LogP contribution in [0, 0.1) is 6.92 Å². The molecule has 2 rings (SSSR count). The van der Waals surface area contributed by atoms with Crippen LogP contribution in [-0.4, -0.2) is 20.9 Å². The monoisotopic (exact) mass is 218 g/mol. The molecule has 0 aliphatic carbocycles. The van der Waals surface area contributed by atoms with Crippen LogP contribution < -0.4 is 0 Å². The number of aromatic carboxylic acids is 1. The standard InChI is InChI=1S/C12H14N2O2/c1-7(2)14-10-6-8(3)4-5-9(10)11(13-14)12(15)16/h4-7H,1-3H3,(H,15,16). The first-order valence-corrected chi connectivity index (χ1v) is 5.23. The van der Waals surface area contributed by atoms with Gasteiger partial charge in [-0.25, -0.2) is 4.79 Å². The van der Waals surface area contributed by atoms with Crippen LogP contribution in [-0.2, 0) is 0 Å². The zero-order valence-corrected chi connectivity index (χ0v) is 9.56. The summed E-state index contributed by atoms with van der Waals surface area (Å²) >= 11 is 0. The van der Waals surface area contributed by atoms with Gasteiger partial charge in [-0.15, -0.1) is 0 Å². The number of hydrogen-bond donors (Lipinski definition) is 1. The van der Waals surface area contributed by atoms with Crippen LogP contribution in [0.1, 0.15) is 35.9 Å². The van der Waals surface area contributed by atoms with Crippen LogP contribution in [0.25, 0.3) is 10.9 Å². The number of nitrogens with zero attached hydrogens (tertiary/aromatic N) is 2. The highest BCUT2D eigenvalue weighted by Crippen LogP contribution is 2.22. The predicted molar refractivity (Wildman–Crippen MR) is 61.8 cm³/mol. The molecule has 1 aromatic carbocycles. The molecule has 4 heteroatoms. The van der Waals surface area contributed by atoms with Crippen molar-refractivity contribution in [1.29, 1.82) is 0 Å². The van der Waals surface area contributed by atoms with Gasteiger partial charge in [0.15, 0.2) is 5.69 Å². The second-order valence-electron chi connectivity index (χ2n) is 4.21. The van der Waals surface area contributed by atoms with Crippen molar-refractivity contribution >= 4 is 16.9 Å². The Balaban J connectivity index is 2.81. The van der Waals surface area contributed by atoms with E-state index in [1.54, 1.807) is 4.68 Å². The average molecular weight is 218 g/mol. The fraction of sp³-hybridized carbons (Fsp3) is 0.333. The van der Waals surface area contributed by atoms with Gasteiger partial charge in [0.2, 0.25) is 0 Å². The van der Waals surface area contributed by atoms with Crippen LogP contribution in [0.4, 0.5) is 0 Å². The second-order valence-corrected chi connectivity index (χ2v) is 4.21. The number of benzene rings is 1. The fourth-order valence-electron chi connectivity index (χ4n) is 1.80. The lowest BCUT2D eigenvalue weighted by molar-refractivity contribution is 0.0691. The zero-order chi connectivity index (χ0) is 11.9. The maximum atomic E-state index is 11.1. The molecule has 0 saturated heterocycles. The zero-order valence-electron chi connectivity index (χ0n) is 9.56. The Morgan fingerprint density at radius 2 is 2.12 bits per heavy atom. The van der Waals surface area contributed by atoms with Crippen LogP contribution >= 0.6 is 0 Å². The summed E-state index contributed by atoms with van der Waals surface area (Å²) in [5.41, 5.74) is 2.11. The van der Waals surface area contributed by atoms with E-state index in [9.17, 15) is 4.79 Å². The summed E-state index contributed by atoms with van der Waals surface area (Å²) in [5, 5.41) is 13.9. The van der Waals surface area contributed by atoms with Crippen molar-refractivity contribution in [2.45, 2.75) is 26.8 Å². The molecule has 84 valence electrons. The first-order valence-electron chi connectivity index (χ1n) is 5.23. The van der Waals surface area contributed by atoms with E-state index >= 15 is 0 Å². The van der Waals surface area contributed by atoms with Gasteiger partial charge in [0, 0.05) is 11.4 Å². The van der Waals surface area contributed by atoms with Gasteiger partial charge in [-0.05, 0) is 32.4 Å². The molecule has 0 aliphatic heterocycles. The van der Waals surface area contributed by atoms with Crippen molar-refractivity contribution in [2.75, 3.05) is 0 Å². The number of carboxylic acid groups (broad SMARTS) is 1. The first-order chi connectivity index (χ1) is 7.50. The van der Waals surface area contributed by atoms with Crippen molar-refractivity contribution < 1.29 is 9.90 Å². The van der Waals surface area contributed by atoms with E-state index in [0.717, 1.165) is 11.1 Å². The SMILES string of the molecule is Cc1ccc2c(C(=O)O)nn(C(C)C)c2c1. The van der Waals surface area contributed by atoms with Gasteiger partial charge in [-0.2, -0.15) is 5.10 Å². The molecule has 0 amide bonds. The number of rotatable bonds is 2. The molecule has 0 fully saturated rings. The highest BCUT2D eigenvalue weighted by atomic mass is 16.4. The maximum Gasteiger partial charge on any atom is 0.357 e. The van der Waals surface area contributed by atoms with Gasteiger partial charge >= 0.3 is 5.97 Å². The summed E-state index contributed by atoms with van der Waals surface area (Å²) in [6.45, 7) is 5.96. The molecule has 0 saturated carbocycles. The summed E-state index contributed by atoms with van der Waals surface area (Å²) in [4.78, 5) is 11.1. The highest BCUT2D eigenvalue weighted by Gasteiger charge is 2.17. The lowest BCUT2D eigenvalue weighted by atomic mass is 10.1. The van der Waals surface area contributed by atoms with Crippen LogP contribution in [0.2, 0.25) is 0 Å². The third-order valence-corrected chi connectivity index (χ3v) is 2.55. The number of fused-ring (bicyclic) bond motifs is 1. The summed E-state index contributed by atoms with van der Waals surface area (Å²) < 4.78 is 1.76. The molecule has 0 radical (unpaired) electrons. The Labute approximate surface area is 93.5 Å². The number of hydrogen-bond acceptors (Lipinski definition) is 2. The Morgan fingerprint density at radius 3 is 2.69 bits per heavy atom. The smallest absolute Gasteiger partial charge is 0.357 e. The molecule has 0 aliphatic rings. The Bertz CT molecular complexity index is 555. The molecule has 4 nitrogen and oxygen atoms in total. The van der Waals surface area contributed by atoms with Crippen molar-refractivity contribution in [1.82, 2.24) is 9.78 Å². The third-order valence-electron chi connectivity index (χ3n) is 2.55. The molecule has 2 aromatic rings. The van der Waals surface area contributed by atoms with Crippen LogP contribution in [0.15, 0.2) is 18.2 Å². The third kappa shape index (κ3) is 1.56. The van der Waals surface area contributed by atoms with Gasteiger partial charge in [0.25, 0.3) is 0 Å². The van der Waals surface area contributed by atoms with Gasteiger partial charge < -0.3 is 5.11 Å². The lowest BCUT2D eigenvalue weighted by Crippen LogP contribution is -2.05. The lowest BCUT2D eigenvalue weighted by Gasteiger charge is -2.06. The molecular formula is C12H14N2O2. The molecule has 0 spiro atoms. The van der Waals surface area contributed by atoms with Crippen molar-refractivity contribution in [3.63, 3.8) is 0 Å². The fourth-order valence-corrected chi connectivity index (χ4v) is 1.80. The van der Waals surface area contributed by atoms with E-state index in [4.69, 9.17) is 5.11 Å². The van der Waals surface area contributed by atoms with E-state index < -0.39 is 5.97 Å². The first kappa shape index (κ1) is 10.7. The van der Waals surface area contributed by atoms with Crippen LogP contribution in [0.5, 0.6) is 0 Å². The second kappa shape index (κ2) is 3.63. The normalized spacial score (nSPS) is 11.2. The molecule has 1 heterocycles. The number of aromatic nitrogens is 2. The van der Waals surface area contributed by atoms with Crippen molar-refractivity contribution in [3.8, 4) is 0 Å². The van der Waals surface area contributed by atoms with E-state index in [1.165, 1.54) is 0 Å². The minimum atomic E-state index is -0.978. The number of aryl methyl sites for hydroxylation is 1. The molecule has 16 heavy (non-hydrogen) atoms. The molecular weight excluding hydrogens is 204 g/mol. The molecule has 0 atom stereocenters. The predicted octanol–water partition coefficient (Wildman–Crippen LogP) is 2.62.